The summed E-state index contributed by atoms with van der Waals surface area (Å²) in [7, 11) is 0. The van der Waals surface area contributed by atoms with E-state index in [1.165, 1.54) is 0 Å². The largest absolute Gasteiger partial charge is 0.374 e. The minimum atomic E-state index is -0.117. The molecule has 0 saturated heterocycles. The van der Waals surface area contributed by atoms with Gasteiger partial charge in [-0.3, -0.25) is 4.99 Å². The first kappa shape index (κ1) is 20.3. The van der Waals surface area contributed by atoms with Crippen molar-refractivity contribution >= 4 is 17.6 Å². The third kappa shape index (κ3) is 8.19. The van der Waals surface area contributed by atoms with Crippen molar-refractivity contribution in [2.24, 2.45) is 16.6 Å². The van der Waals surface area contributed by atoms with Crippen LogP contribution in [0.15, 0.2) is 51.8 Å². The van der Waals surface area contributed by atoms with E-state index in [-0.39, 0.29) is 12.0 Å². The van der Waals surface area contributed by atoms with Gasteiger partial charge in [0.2, 0.25) is 0 Å². The molecule has 0 bridgehead atoms. The zero-order chi connectivity index (χ0) is 17.8. The highest BCUT2D eigenvalue weighted by molar-refractivity contribution is 8.05. The highest BCUT2D eigenvalue weighted by Crippen LogP contribution is 2.22. The Morgan fingerprint density at radius 2 is 2.38 bits per heavy atom. The highest BCUT2D eigenvalue weighted by atomic mass is 32.2. The van der Waals surface area contributed by atoms with Crippen LogP contribution in [0.3, 0.4) is 0 Å². The van der Waals surface area contributed by atoms with Crippen molar-refractivity contribution in [3.05, 3.63) is 46.8 Å². The summed E-state index contributed by atoms with van der Waals surface area (Å²) in [6.45, 7) is 9.90. The Morgan fingerprint density at radius 3 is 3.00 bits per heavy atom. The quantitative estimate of drug-likeness (QED) is 0.491. The minimum Gasteiger partial charge on any atom is -0.374 e. The van der Waals surface area contributed by atoms with Gasteiger partial charge >= 0.3 is 0 Å². The van der Waals surface area contributed by atoms with Crippen LogP contribution in [0.4, 0.5) is 0 Å². The van der Waals surface area contributed by atoms with Crippen LogP contribution in [0, 0.1) is 17.2 Å². The molecule has 130 valence electrons. The van der Waals surface area contributed by atoms with Gasteiger partial charge in [-0.1, -0.05) is 30.9 Å². The lowest BCUT2D eigenvalue weighted by atomic mass is 10.1. The first-order chi connectivity index (χ1) is 11.6. The fourth-order valence-corrected chi connectivity index (χ4v) is 2.73. The van der Waals surface area contributed by atoms with Crippen LogP contribution in [-0.2, 0) is 0 Å². The second-order valence-electron chi connectivity index (χ2n) is 5.76. The molecule has 0 aromatic rings. The molecule has 0 amide bonds. The summed E-state index contributed by atoms with van der Waals surface area (Å²) in [4.78, 5) is 5.36. The van der Waals surface area contributed by atoms with E-state index in [0.29, 0.717) is 6.42 Å². The fraction of sp³-hybridized carbons (Fsp3) is 0.474. The molecule has 1 unspecified atom stereocenters. The van der Waals surface area contributed by atoms with Gasteiger partial charge in [-0.25, -0.2) is 0 Å². The van der Waals surface area contributed by atoms with E-state index in [0.717, 1.165) is 42.2 Å². The van der Waals surface area contributed by atoms with E-state index in [1.807, 2.05) is 43.6 Å². The van der Waals surface area contributed by atoms with E-state index in [2.05, 4.69) is 23.0 Å². The van der Waals surface area contributed by atoms with Crippen LogP contribution in [0.2, 0.25) is 0 Å². The predicted octanol–water partition coefficient (Wildman–Crippen LogP) is 3.91. The van der Waals surface area contributed by atoms with E-state index < -0.39 is 0 Å². The van der Waals surface area contributed by atoms with Gasteiger partial charge in [0.15, 0.2) is 0 Å². The molecule has 0 radical (unpaired) electrons. The Morgan fingerprint density at radius 1 is 1.58 bits per heavy atom. The topological polar surface area (TPSA) is 74.2 Å². The van der Waals surface area contributed by atoms with E-state index in [4.69, 9.17) is 11.0 Å². The number of nitrogens with zero attached hydrogens (tertiary/aromatic N) is 2. The Hall–Kier alpha value is -1.77. The van der Waals surface area contributed by atoms with Crippen molar-refractivity contribution in [2.45, 2.75) is 39.2 Å². The average Bonchev–Trinajstić information content (AvgIpc) is 2.60. The second-order valence-corrected chi connectivity index (χ2v) is 6.76. The number of hydrogen-bond acceptors (Lipinski definition) is 5. The molecule has 1 aliphatic rings. The molecule has 0 aliphatic carbocycles. The number of hydrogen-bond donors (Lipinski definition) is 2. The summed E-state index contributed by atoms with van der Waals surface area (Å²) >= 11 is 1.55. The van der Waals surface area contributed by atoms with Crippen LogP contribution in [-0.4, -0.2) is 25.0 Å². The lowest BCUT2D eigenvalue weighted by Crippen LogP contribution is -2.35. The molecule has 1 rings (SSSR count). The van der Waals surface area contributed by atoms with Gasteiger partial charge in [0.1, 0.15) is 0 Å². The van der Waals surface area contributed by atoms with Crippen LogP contribution in [0.25, 0.3) is 0 Å². The smallest absolute Gasteiger partial charge is 0.0982 e. The van der Waals surface area contributed by atoms with Crippen molar-refractivity contribution < 1.29 is 0 Å². The fourth-order valence-electron chi connectivity index (χ4n) is 2.06. The molecule has 1 aliphatic heterocycles. The molecular formula is C19H28N4S. The third-order valence-electron chi connectivity index (χ3n) is 3.57. The number of nitrogens with two attached hydrogens (primary N) is 1. The number of thioether (sulfide) groups is 1. The van der Waals surface area contributed by atoms with Gasteiger partial charge in [0, 0.05) is 25.6 Å². The SMILES string of the molecule is C=C(S/C=C(C)/C=C/C(C#N)C/C=C\C)[C@@H](N)CC1=NCCCN1. The number of allylic oxidation sites excluding steroid dienone is 5. The monoisotopic (exact) mass is 344 g/mol. The maximum absolute atomic E-state index is 9.10. The second kappa shape index (κ2) is 11.7. The molecule has 2 atom stereocenters. The standard InChI is InChI=1S/C19H28N4S/c1-4-5-7-17(13-20)9-8-15(2)14-24-16(3)18(21)12-19-22-10-6-11-23-19/h4-5,8-9,14,17-18H,3,6-7,10-12,21H2,1-2H3,(H,22,23)/b5-4-,9-8+,15-14+/t17?,18-/m0/s1. The van der Waals surface area contributed by atoms with Gasteiger partial charge in [0.25, 0.3) is 0 Å². The van der Waals surface area contributed by atoms with Crippen molar-refractivity contribution in [3.8, 4) is 6.07 Å². The molecule has 0 fully saturated rings. The molecular weight excluding hydrogens is 316 g/mol. The summed E-state index contributed by atoms with van der Waals surface area (Å²) in [6, 6.07) is 2.17. The Kier molecular flexibility index (Phi) is 9.90. The lowest BCUT2D eigenvalue weighted by Gasteiger charge is -2.19. The third-order valence-corrected chi connectivity index (χ3v) is 4.67. The Bertz CT molecular complexity index is 566. The van der Waals surface area contributed by atoms with Crippen LogP contribution in [0.1, 0.15) is 33.1 Å². The maximum atomic E-state index is 9.10. The predicted molar refractivity (Wildman–Crippen MR) is 106 cm³/mol. The summed E-state index contributed by atoms with van der Waals surface area (Å²) in [5.74, 6) is 0.896. The molecule has 24 heavy (non-hydrogen) atoms. The summed E-state index contributed by atoms with van der Waals surface area (Å²) in [6.07, 6.45) is 10.4. The zero-order valence-electron chi connectivity index (χ0n) is 14.7. The Balaban J connectivity index is 2.46. The number of nitriles is 1. The van der Waals surface area contributed by atoms with Crippen molar-refractivity contribution in [2.75, 3.05) is 13.1 Å². The van der Waals surface area contributed by atoms with Crippen molar-refractivity contribution in [1.82, 2.24) is 5.32 Å². The molecule has 4 nitrogen and oxygen atoms in total. The van der Waals surface area contributed by atoms with Gasteiger partial charge in [0.05, 0.1) is 17.8 Å². The average molecular weight is 345 g/mol. The highest BCUT2D eigenvalue weighted by Gasteiger charge is 2.12. The lowest BCUT2D eigenvalue weighted by molar-refractivity contribution is 0.707. The van der Waals surface area contributed by atoms with Gasteiger partial charge in [-0.2, -0.15) is 5.26 Å². The van der Waals surface area contributed by atoms with Crippen LogP contribution < -0.4 is 11.1 Å². The summed E-state index contributed by atoms with van der Waals surface area (Å²) in [5.41, 5.74) is 7.28. The van der Waals surface area contributed by atoms with Crippen LogP contribution in [0.5, 0.6) is 0 Å². The first-order valence-electron chi connectivity index (χ1n) is 8.30. The van der Waals surface area contributed by atoms with Gasteiger partial charge < -0.3 is 11.1 Å². The van der Waals surface area contributed by atoms with Crippen molar-refractivity contribution in [1.29, 1.82) is 5.26 Å². The number of rotatable bonds is 9. The Labute approximate surface area is 150 Å². The minimum absolute atomic E-state index is 0.0876. The van der Waals surface area contributed by atoms with Gasteiger partial charge in [-0.05, 0) is 42.6 Å². The first-order valence-corrected chi connectivity index (χ1v) is 9.18. The summed E-state index contributed by atoms with van der Waals surface area (Å²) in [5, 5.41) is 14.4. The van der Waals surface area contributed by atoms with E-state index in [1.54, 1.807) is 11.8 Å². The number of nitrogens with one attached hydrogen (secondary N) is 1. The maximum Gasteiger partial charge on any atom is 0.0982 e. The van der Waals surface area contributed by atoms with Crippen LogP contribution >= 0.6 is 11.8 Å². The van der Waals surface area contributed by atoms with Crippen molar-refractivity contribution in [3.63, 3.8) is 0 Å². The van der Waals surface area contributed by atoms with Gasteiger partial charge in [-0.15, -0.1) is 11.8 Å². The molecule has 0 aromatic heterocycles. The summed E-state index contributed by atoms with van der Waals surface area (Å²) < 4.78 is 0. The normalized spacial score (nSPS) is 18.1. The number of aliphatic imine (C=N–C) groups is 1. The molecule has 0 aromatic carbocycles. The zero-order valence-corrected chi connectivity index (χ0v) is 15.5. The number of amidine groups is 1. The molecule has 3 N–H and O–H groups in total. The molecule has 5 heteroatoms. The molecule has 0 spiro atoms. The van der Waals surface area contributed by atoms with E-state index >= 15 is 0 Å². The van der Waals surface area contributed by atoms with E-state index in [9.17, 15) is 0 Å². The molecule has 1 heterocycles. The molecule has 0 saturated carbocycles.